The molecular weight excluding hydrogens is 685 g/mol. The van der Waals surface area contributed by atoms with E-state index >= 15 is 0 Å². The van der Waals surface area contributed by atoms with Gasteiger partial charge >= 0.3 is 0 Å². The number of aromatic hydroxyl groups is 1. The average molecular weight is 755 g/mol. The van der Waals surface area contributed by atoms with E-state index in [2.05, 4.69) is 125 Å². The highest BCUT2D eigenvalue weighted by atomic mass is 28.4. The summed E-state index contributed by atoms with van der Waals surface area (Å²) in [7, 11) is -7.14. The van der Waals surface area contributed by atoms with Gasteiger partial charge in [0.1, 0.15) is 29.1 Å². The lowest BCUT2D eigenvalue weighted by atomic mass is 10.0. The van der Waals surface area contributed by atoms with Gasteiger partial charge in [-0.05, 0) is 68.1 Å². The van der Waals surface area contributed by atoms with Gasteiger partial charge in [0.05, 0.1) is 10.9 Å². The molecule has 0 spiro atoms. The van der Waals surface area contributed by atoms with Crippen LogP contribution in [0.25, 0.3) is 22.1 Å². The fourth-order valence-corrected chi connectivity index (χ4v) is 25.7. The third kappa shape index (κ3) is 7.77. The predicted molar refractivity (Wildman–Crippen MR) is 225 cm³/mol. The van der Waals surface area contributed by atoms with Gasteiger partial charge in [-0.15, -0.1) is 0 Å². The molecule has 1 heterocycles. The van der Waals surface area contributed by atoms with E-state index in [4.69, 9.17) is 17.7 Å². The van der Waals surface area contributed by atoms with Crippen molar-refractivity contribution in [2.75, 3.05) is 0 Å². The molecular formula is C42H70O6Si3. The SMILES string of the molecule is CC(C)[Si](Oc1ccc2c(=O)c(-c3cc(O)c(O[Si](C(C)C)(C(C)C)C(C)C)cc3O[Si](C(C)C)(C(C)C)C(C)C)coc2c1)(C(C)C)C(C)C. The van der Waals surface area contributed by atoms with Crippen molar-refractivity contribution in [1.29, 1.82) is 0 Å². The highest BCUT2D eigenvalue weighted by Crippen LogP contribution is 2.50. The van der Waals surface area contributed by atoms with Gasteiger partial charge in [0.2, 0.25) is 5.43 Å². The number of hydrogen-bond acceptors (Lipinski definition) is 6. The number of hydrogen-bond donors (Lipinski definition) is 1. The molecule has 0 bridgehead atoms. The highest BCUT2D eigenvalue weighted by molar-refractivity contribution is 6.79. The first-order chi connectivity index (χ1) is 23.5. The predicted octanol–water partition coefficient (Wildman–Crippen LogP) is 13.8. The molecule has 0 amide bonds. The Morgan fingerprint density at radius 1 is 0.510 bits per heavy atom. The normalized spacial score (nSPS) is 13.5. The lowest BCUT2D eigenvalue weighted by Crippen LogP contribution is -2.51. The number of rotatable bonds is 16. The molecule has 0 fully saturated rings. The van der Waals surface area contributed by atoms with Gasteiger partial charge in [-0.3, -0.25) is 4.79 Å². The minimum Gasteiger partial charge on any atom is -0.543 e. The molecule has 0 saturated heterocycles. The summed E-state index contributed by atoms with van der Waals surface area (Å²) in [6.07, 6.45) is 1.52. The van der Waals surface area contributed by atoms with Crippen LogP contribution in [0.1, 0.15) is 125 Å². The van der Waals surface area contributed by atoms with Crippen LogP contribution in [0.4, 0.5) is 0 Å². The van der Waals surface area contributed by atoms with Crippen molar-refractivity contribution in [3.05, 3.63) is 46.8 Å². The monoisotopic (exact) mass is 754 g/mol. The Morgan fingerprint density at radius 3 is 1.31 bits per heavy atom. The summed E-state index contributed by atoms with van der Waals surface area (Å²) in [5.74, 6) is 1.73. The summed E-state index contributed by atoms with van der Waals surface area (Å²) in [5, 5.41) is 12.2. The Bertz CT molecular complexity index is 1620. The van der Waals surface area contributed by atoms with Crippen molar-refractivity contribution in [3.8, 4) is 34.1 Å². The molecule has 0 unspecified atom stereocenters. The minimum atomic E-state index is -2.50. The van der Waals surface area contributed by atoms with Crippen LogP contribution in [0.3, 0.4) is 0 Å². The summed E-state index contributed by atoms with van der Waals surface area (Å²) >= 11 is 0. The van der Waals surface area contributed by atoms with Crippen LogP contribution in [-0.2, 0) is 0 Å². The molecule has 0 radical (unpaired) electrons. The Morgan fingerprint density at radius 2 is 0.902 bits per heavy atom. The zero-order valence-electron chi connectivity index (χ0n) is 35.1. The molecule has 6 nitrogen and oxygen atoms in total. The van der Waals surface area contributed by atoms with Gasteiger partial charge < -0.3 is 22.8 Å². The molecule has 9 heteroatoms. The van der Waals surface area contributed by atoms with Gasteiger partial charge in [0.25, 0.3) is 25.0 Å². The Hall–Kier alpha value is -2.50. The third-order valence-corrected chi connectivity index (χ3v) is 30.1. The van der Waals surface area contributed by atoms with Crippen LogP contribution in [0.2, 0.25) is 49.9 Å². The van der Waals surface area contributed by atoms with E-state index < -0.39 is 25.0 Å². The summed E-state index contributed by atoms with van der Waals surface area (Å²) in [5.41, 5.74) is 4.22. The molecule has 0 aliphatic heterocycles. The molecule has 3 aromatic rings. The van der Waals surface area contributed by atoms with E-state index in [0.29, 0.717) is 83.5 Å². The average Bonchev–Trinajstić information content (AvgIpc) is 3.00. The topological polar surface area (TPSA) is 78.1 Å². The minimum absolute atomic E-state index is 0.00248. The summed E-state index contributed by atoms with van der Waals surface area (Å²) in [6.45, 7) is 40.4. The van der Waals surface area contributed by atoms with Crippen LogP contribution >= 0.6 is 0 Å². The van der Waals surface area contributed by atoms with Gasteiger partial charge in [0.15, 0.2) is 5.75 Å². The zero-order valence-corrected chi connectivity index (χ0v) is 38.1. The fourth-order valence-electron chi connectivity index (χ4n) is 9.93. The molecule has 0 aliphatic carbocycles. The zero-order chi connectivity index (χ0) is 39.0. The van der Waals surface area contributed by atoms with Crippen molar-refractivity contribution in [2.24, 2.45) is 0 Å². The highest BCUT2D eigenvalue weighted by Gasteiger charge is 2.50. The molecule has 51 heavy (non-hydrogen) atoms. The summed E-state index contributed by atoms with van der Waals surface area (Å²) in [6, 6.07) is 9.12. The van der Waals surface area contributed by atoms with Crippen molar-refractivity contribution in [2.45, 2.75) is 174 Å². The van der Waals surface area contributed by atoms with Crippen LogP contribution < -0.4 is 18.7 Å². The van der Waals surface area contributed by atoms with Crippen molar-refractivity contribution >= 4 is 35.9 Å². The van der Waals surface area contributed by atoms with Crippen LogP contribution in [0, 0.1) is 0 Å². The smallest absolute Gasteiger partial charge is 0.258 e. The molecule has 286 valence electrons. The molecule has 0 saturated carbocycles. The second-order valence-electron chi connectivity index (χ2n) is 17.7. The Kier molecular flexibility index (Phi) is 13.7. The molecule has 0 atom stereocenters. The molecule has 3 rings (SSSR count). The van der Waals surface area contributed by atoms with Gasteiger partial charge in [-0.2, -0.15) is 0 Å². The van der Waals surface area contributed by atoms with Crippen LogP contribution in [0.5, 0.6) is 23.0 Å². The lowest BCUT2D eigenvalue weighted by molar-refractivity contribution is 0.411. The van der Waals surface area contributed by atoms with Crippen LogP contribution in [-0.4, -0.2) is 30.1 Å². The molecule has 2 aromatic carbocycles. The Balaban J connectivity index is 2.33. The number of fused-ring (bicyclic) bond motifs is 1. The second kappa shape index (κ2) is 16.3. The van der Waals surface area contributed by atoms with Crippen molar-refractivity contribution in [3.63, 3.8) is 0 Å². The quantitative estimate of drug-likeness (QED) is 0.147. The first-order valence-electron chi connectivity index (χ1n) is 19.5. The second-order valence-corrected chi connectivity index (χ2v) is 33.8. The molecule has 0 aliphatic rings. The van der Waals surface area contributed by atoms with E-state index in [0.717, 1.165) is 5.75 Å². The van der Waals surface area contributed by atoms with Crippen LogP contribution in [0.15, 0.2) is 45.8 Å². The van der Waals surface area contributed by atoms with E-state index in [1.54, 1.807) is 6.07 Å². The van der Waals surface area contributed by atoms with Crippen molar-refractivity contribution < 1.29 is 22.8 Å². The van der Waals surface area contributed by atoms with Crippen molar-refractivity contribution in [1.82, 2.24) is 0 Å². The maximum Gasteiger partial charge on any atom is 0.258 e. The molecule has 1 N–H and O–H groups in total. The van der Waals surface area contributed by atoms with E-state index in [1.807, 2.05) is 24.3 Å². The number of phenols is 1. The molecule has 1 aromatic heterocycles. The summed E-state index contributed by atoms with van der Waals surface area (Å²) < 4.78 is 27.6. The maximum absolute atomic E-state index is 14.4. The standard InChI is InChI=1S/C42H70O6Si3/c1-25(2)49(26(3)4,27(5)6)46-34-19-20-35-39(21-34)45-24-37(42(35)44)36-22-38(43)41(48-51(31(13)14,32(15)16)33(17)18)23-40(36)47-50(28(7)8,29(9)10)30(11)12/h19-33,43H,1-18H3. The van der Waals surface area contributed by atoms with Gasteiger partial charge in [-0.25, -0.2) is 0 Å². The lowest BCUT2D eigenvalue weighted by Gasteiger charge is -2.44. The number of benzene rings is 2. The number of phenolic OH excluding ortho intramolecular Hbond substituents is 1. The van der Waals surface area contributed by atoms with Gasteiger partial charge in [0, 0.05) is 17.7 Å². The van der Waals surface area contributed by atoms with E-state index in [9.17, 15) is 9.90 Å². The first kappa shape index (κ1) is 42.9. The summed E-state index contributed by atoms with van der Waals surface area (Å²) in [4.78, 5) is 14.4. The van der Waals surface area contributed by atoms with E-state index in [-0.39, 0.29) is 11.2 Å². The largest absolute Gasteiger partial charge is 0.543 e. The first-order valence-corrected chi connectivity index (χ1v) is 25.9. The third-order valence-electron chi connectivity index (χ3n) is 12.1. The van der Waals surface area contributed by atoms with Gasteiger partial charge in [-0.1, -0.05) is 125 Å². The Labute approximate surface area is 313 Å². The fraction of sp³-hybridized carbons (Fsp3) is 0.643. The van der Waals surface area contributed by atoms with E-state index in [1.165, 1.54) is 6.26 Å². The maximum atomic E-state index is 14.4.